The summed E-state index contributed by atoms with van der Waals surface area (Å²) in [6.07, 6.45) is 5.31. The van der Waals surface area contributed by atoms with Gasteiger partial charge in [0.15, 0.2) is 0 Å². The molecule has 3 atom stereocenters. The maximum Gasteiger partial charge on any atom is 0.0224 e. The van der Waals surface area contributed by atoms with Crippen molar-refractivity contribution in [1.82, 2.24) is 15.1 Å². The number of nitrogens with zero attached hydrogens (tertiary/aromatic N) is 2. The quantitative estimate of drug-likeness (QED) is 0.780. The third kappa shape index (κ3) is 3.25. The maximum absolute atomic E-state index is 3.72. The van der Waals surface area contributed by atoms with Gasteiger partial charge in [0, 0.05) is 37.8 Å². The summed E-state index contributed by atoms with van der Waals surface area (Å²) in [5.41, 5.74) is 0. The Morgan fingerprint density at radius 2 is 2.06 bits per heavy atom. The smallest absolute Gasteiger partial charge is 0.0224 e. The number of nitrogens with one attached hydrogen (secondary N) is 1. The molecule has 0 radical (unpaired) electrons. The molecule has 0 spiro atoms. The highest BCUT2D eigenvalue weighted by atomic mass is 15.3. The molecule has 3 nitrogen and oxygen atoms in total. The minimum absolute atomic E-state index is 0.665. The average molecular weight is 253 g/mol. The lowest BCUT2D eigenvalue weighted by Gasteiger charge is -2.43. The lowest BCUT2D eigenvalue weighted by atomic mass is 10.0. The lowest BCUT2D eigenvalue weighted by Crippen LogP contribution is -2.57. The normalized spacial score (nSPS) is 29.2. The van der Waals surface area contributed by atoms with E-state index in [9.17, 15) is 0 Å². The van der Waals surface area contributed by atoms with E-state index < -0.39 is 0 Å². The highest BCUT2D eigenvalue weighted by Crippen LogP contribution is 2.23. The fraction of sp³-hybridized carbons (Fsp3) is 1.00. The van der Waals surface area contributed by atoms with Crippen molar-refractivity contribution < 1.29 is 0 Å². The fourth-order valence-corrected chi connectivity index (χ4v) is 3.63. The summed E-state index contributed by atoms with van der Waals surface area (Å²) >= 11 is 0. The standard InChI is InChI=1S/C15H31N3/c1-4-8-16-15(5-2)13(3)18-11-10-17-9-6-7-14(17)12-18/h13-16H,4-12H2,1-3H3. The predicted octanol–water partition coefficient (Wildman–Crippen LogP) is 1.93. The van der Waals surface area contributed by atoms with E-state index in [-0.39, 0.29) is 0 Å². The van der Waals surface area contributed by atoms with Crippen LogP contribution in [-0.2, 0) is 0 Å². The van der Waals surface area contributed by atoms with Crippen molar-refractivity contribution in [3.05, 3.63) is 0 Å². The molecule has 0 saturated carbocycles. The van der Waals surface area contributed by atoms with E-state index in [1.165, 1.54) is 51.9 Å². The Bertz CT molecular complexity index is 244. The minimum atomic E-state index is 0.665. The van der Waals surface area contributed by atoms with Gasteiger partial charge in [-0.3, -0.25) is 9.80 Å². The molecule has 18 heavy (non-hydrogen) atoms. The van der Waals surface area contributed by atoms with Crippen LogP contribution < -0.4 is 5.32 Å². The molecule has 2 fully saturated rings. The highest BCUT2D eigenvalue weighted by molar-refractivity contribution is 4.91. The van der Waals surface area contributed by atoms with Crippen LogP contribution in [0.25, 0.3) is 0 Å². The van der Waals surface area contributed by atoms with Gasteiger partial charge in [-0.15, -0.1) is 0 Å². The molecule has 2 saturated heterocycles. The van der Waals surface area contributed by atoms with Gasteiger partial charge in [0.1, 0.15) is 0 Å². The molecule has 0 aromatic rings. The second-order valence-electron chi connectivity index (χ2n) is 6.04. The summed E-state index contributed by atoms with van der Waals surface area (Å²) in [4.78, 5) is 5.42. The molecule has 1 N–H and O–H groups in total. The molecule has 2 aliphatic heterocycles. The molecule has 106 valence electrons. The van der Waals surface area contributed by atoms with Crippen LogP contribution in [0.5, 0.6) is 0 Å². The molecule has 2 heterocycles. The second kappa shape index (κ2) is 6.88. The fourth-order valence-electron chi connectivity index (χ4n) is 3.63. The SMILES string of the molecule is CCCNC(CC)C(C)N1CCN2CCCC2C1. The second-order valence-corrected chi connectivity index (χ2v) is 6.04. The van der Waals surface area contributed by atoms with Gasteiger partial charge in [-0.1, -0.05) is 13.8 Å². The van der Waals surface area contributed by atoms with E-state index in [1.807, 2.05) is 0 Å². The van der Waals surface area contributed by atoms with Crippen LogP contribution in [0.15, 0.2) is 0 Å². The van der Waals surface area contributed by atoms with Crippen LogP contribution in [0.3, 0.4) is 0 Å². The minimum Gasteiger partial charge on any atom is -0.312 e. The van der Waals surface area contributed by atoms with Crippen molar-refractivity contribution in [3.63, 3.8) is 0 Å². The molecule has 0 amide bonds. The summed E-state index contributed by atoms with van der Waals surface area (Å²) in [6, 6.07) is 2.20. The largest absolute Gasteiger partial charge is 0.312 e. The van der Waals surface area contributed by atoms with Crippen molar-refractivity contribution in [3.8, 4) is 0 Å². The number of piperazine rings is 1. The van der Waals surface area contributed by atoms with E-state index in [2.05, 4.69) is 35.9 Å². The van der Waals surface area contributed by atoms with E-state index in [0.717, 1.165) is 12.6 Å². The Kier molecular flexibility index (Phi) is 5.46. The zero-order valence-corrected chi connectivity index (χ0v) is 12.5. The monoisotopic (exact) mass is 253 g/mol. The van der Waals surface area contributed by atoms with Crippen LogP contribution >= 0.6 is 0 Å². The first kappa shape index (κ1) is 14.3. The van der Waals surface area contributed by atoms with Gasteiger partial charge in [0.2, 0.25) is 0 Å². The van der Waals surface area contributed by atoms with E-state index in [0.29, 0.717) is 12.1 Å². The van der Waals surface area contributed by atoms with Crippen LogP contribution in [-0.4, -0.2) is 60.6 Å². The molecular weight excluding hydrogens is 222 g/mol. The predicted molar refractivity (Wildman–Crippen MR) is 78.0 cm³/mol. The number of hydrogen-bond donors (Lipinski definition) is 1. The average Bonchev–Trinajstić information content (AvgIpc) is 2.86. The first-order valence-corrected chi connectivity index (χ1v) is 7.97. The Hall–Kier alpha value is -0.120. The molecule has 2 aliphatic rings. The topological polar surface area (TPSA) is 18.5 Å². The molecule has 3 heteroatoms. The summed E-state index contributed by atoms with van der Waals surface area (Å²) in [5.74, 6) is 0. The first-order chi connectivity index (χ1) is 8.76. The van der Waals surface area contributed by atoms with Gasteiger partial charge in [-0.25, -0.2) is 0 Å². The van der Waals surface area contributed by atoms with E-state index >= 15 is 0 Å². The molecular formula is C15H31N3. The zero-order chi connectivity index (χ0) is 13.0. The lowest BCUT2D eigenvalue weighted by molar-refractivity contribution is 0.0625. The first-order valence-electron chi connectivity index (χ1n) is 7.97. The van der Waals surface area contributed by atoms with Crippen molar-refractivity contribution in [1.29, 1.82) is 0 Å². The van der Waals surface area contributed by atoms with Crippen LogP contribution in [0.4, 0.5) is 0 Å². The molecule has 3 unspecified atom stereocenters. The maximum atomic E-state index is 3.72. The third-order valence-electron chi connectivity index (χ3n) is 4.87. The Morgan fingerprint density at radius 1 is 1.22 bits per heavy atom. The van der Waals surface area contributed by atoms with Gasteiger partial charge in [0.05, 0.1) is 0 Å². The summed E-state index contributed by atoms with van der Waals surface area (Å²) in [6.45, 7) is 13.3. The van der Waals surface area contributed by atoms with Gasteiger partial charge in [0.25, 0.3) is 0 Å². The molecule has 0 aliphatic carbocycles. The molecule has 0 aromatic heterocycles. The summed E-state index contributed by atoms with van der Waals surface area (Å²) in [5, 5.41) is 3.72. The summed E-state index contributed by atoms with van der Waals surface area (Å²) in [7, 11) is 0. The number of fused-ring (bicyclic) bond motifs is 1. The summed E-state index contributed by atoms with van der Waals surface area (Å²) < 4.78 is 0. The van der Waals surface area contributed by atoms with E-state index in [1.54, 1.807) is 0 Å². The Balaban J connectivity index is 1.85. The number of hydrogen-bond acceptors (Lipinski definition) is 3. The molecule has 2 rings (SSSR count). The van der Waals surface area contributed by atoms with Gasteiger partial charge in [-0.05, 0) is 45.7 Å². The van der Waals surface area contributed by atoms with Gasteiger partial charge >= 0.3 is 0 Å². The molecule has 0 bridgehead atoms. The highest BCUT2D eigenvalue weighted by Gasteiger charge is 2.33. The van der Waals surface area contributed by atoms with E-state index in [4.69, 9.17) is 0 Å². The number of rotatable bonds is 6. The van der Waals surface area contributed by atoms with Crippen molar-refractivity contribution in [2.75, 3.05) is 32.7 Å². The zero-order valence-electron chi connectivity index (χ0n) is 12.5. The van der Waals surface area contributed by atoms with Crippen LogP contribution in [0, 0.1) is 0 Å². The van der Waals surface area contributed by atoms with Crippen LogP contribution in [0.1, 0.15) is 46.5 Å². The van der Waals surface area contributed by atoms with Crippen molar-refractivity contribution in [2.45, 2.75) is 64.6 Å². The van der Waals surface area contributed by atoms with Crippen LogP contribution in [0.2, 0.25) is 0 Å². The van der Waals surface area contributed by atoms with Gasteiger partial charge < -0.3 is 5.32 Å². The van der Waals surface area contributed by atoms with Crippen molar-refractivity contribution in [2.24, 2.45) is 0 Å². The Labute approximate surface area is 113 Å². The third-order valence-corrected chi connectivity index (χ3v) is 4.87. The Morgan fingerprint density at radius 3 is 2.78 bits per heavy atom. The molecule has 0 aromatic carbocycles. The van der Waals surface area contributed by atoms with Gasteiger partial charge in [-0.2, -0.15) is 0 Å². The van der Waals surface area contributed by atoms with Crippen molar-refractivity contribution >= 4 is 0 Å².